The number of nitrogens with two attached hydrogens (primary N) is 1. The van der Waals surface area contributed by atoms with Gasteiger partial charge in [-0.3, -0.25) is 4.52 Å². The third-order valence-corrected chi connectivity index (χ3v) is 4.04. The number of nitrogen functional groups attached to an aromatic ring is 1. The standard InChI is InChI=1S/C11H15N4O7P/c12-9-5-1-2-15(10(5)14-4-13-9)11-8(17)7(16)6(22-11)3-21-23(18,19)20/h1-2,4,6-8,11,16-17H,3H2,(H2,12,13,14)(H2,18,19,20)/t6-,7-,8-,11-/m1/s1. The minimum absolute atomic E-state index is 0.253. The van der Waals surface area contributed by atoms with Crippen LogP contribution in [0.4, 0.5) is 5.82 Å². The number of aromatic nitrogens is 3. The summed E-state index contributed by atoms with van der Waals surface area (Å²) in [6.45, 7) is -0.574. The van der Waals surface area contributed by atoms with E-state index in [9.17, 15) is 14.8 Å². The maximum Gasteiger partial charge on any atom is 0.469 e. The Morgan fingerprint density at radius 3 is 2.78 bits per heavy atom. The van der Waals surface area contributed by atoms with E-state index < -0.39 is 39.0 Å². The van der Waals surface area contributed by atoms with Crippen LogP contribution in [-0.2, 0) is 13.8 Å². The topological polar surface area (TPSA) is 173 Å². The van der Waals surface area contributed by atoms with Gasteiger partial charge in [0.2, 0.25) is 0 Å². The predicted octanol–water partition coefficient (Wildman–Crippen LogP) is -1.26. The average Bonchev–Trinajstić information content (AvgIpc) is 3.01. The molecule has 0 amide bonds. The van der Waals surface area contributed by atoms with Crippen LogP contribution in [0.1, 0.15) is 6.23 Å². The number of aliphatic hydroxyl groups is 2. The summed E-state index contributed by atoms with van der Waals surface area (Å²) < 4.78 is 22.0. The Hall–Kier alpha value is -1.59. The van der Waals surface area contributed by atoms with E-state index in [0.717, 1.165) is 0 Å². The van der Waals surface area contributed by atoms with Crippen molar-refractivity contribution in [3.63, 3.8) is 0 Å². The molecule has 1 aliphatic heterocycles. The van der Waals surface area contributed by atoms with Gasteiger partial charge in [-0.1, -0.05) is 0 Å². The van der Waals surface area contributed by atoms with Gasteiger partial charge in [-0.05, 0) is 6.07 Å². The Kier molecular flexibility index (Phi) is 4.10. The molecule has 1 saturated heterocycles. The van der Waals surface area contributed by atoms with Crippen LogP contribution in [0.3, 0.4) is 0 Å². The normalized spacial score (nSPS) is 28.5. The molecule has 0 bridgehead atoms. The van der Waals surface area contributed by atoms with Gasteiger partial charge >= 0.3 is 7.82 Å². The van der Waals surface area contributed by atoms with Gasteiger partial charge in [-0.2, -0.15) is 0 Å². The third kappa shape index (κ3) is 3.08. The lowest BCUT2D eigenvalue weighted by atomic mass is 10.1. The molecule has 6 N–H and O–H groups in total. The molecule has 126 valence electrons. The molecular formula is C11H15N4O7P. The first-order chi connectivity index (χ1) is 10.8. The number of anilines is 1. The van der Waals surface area contributed by atoms with E-state index in [1.54, 1.807) is 12.3 Å². The highest BCUT2D eigenvalue weighted by Crippen LogP contribution is 2.39. The zero-order valence-electron chi connectivity index (χ0n) is 11.6. The minimum atomic E-state index is -4.71. The molecule has 4 atom stereocenters. The van der Waals surface area contributed by atoms with Crippen molar-refractivity contribution in [3.05, 3.63) is 18.6 Å². The Bertz CT molecular complexity index is 762. The van der Waals surface area contributed by atoms with Gasteiger partial charge in [0, 0.05) is 6.20 Å². The second kappa shape index (κ2) is 5.80. The van der Waals surface area contributed by atoms with Crippen molar-refractivity contribution in [1.82, 2.24) is 14.5 Å². The Morgan fingerprint density at radius 2 is 2.09 bits per heavy atom. The molecule has 11 nitrogen and oxygen atoms in total. The fourth-order valence-corrected chi connectivity index (χ4v) is 2.80. The van der Waals surface area contributed by atoms with E-state index in [1.807, 2.05) is 0 Å². The van der Waals surface area contributed by atoms with Crippen molar-refractivity contribution in [3.8, 4) is 0 Å². The van der Waals surface area contributed by atoms with Crippen molar-refractivity contribution < 1.29 is 33.8 Å². The lowest BCUT2D eigenvalue weighted by molar-refractivity contribution is -0.0501. The minimum Gasteiger partial charge on any atom is -0.387 e. The van der Waals surface area contributed by atoms with Crippen LogP contribution in [-0.4, -0.2) is 59.5 Å². The van der Waals surface area contributed by atoms with Gasteiger partial charge in [0.15, 0.2) is 6.23 Å². The molecule has 0 radical (unpaired) electrons. The van der Waals surface area contributed by atoms with Crippen LogP contribution in [0.2, 0.25) is 0 Å². The highest BCUT2D eigenvalue weighted by atomic mass is 31.2. The maximum absolute atomic E-state index is 10.7. The molecule has 0 unspecified atom stereocenters. The number of ether oxygens (including phenoxy) is 1. The molecule has 0 spiro atoms. The summed E-state index contributed by atoms with van der Waals surface area (Å²) in [6, 6.07) is 1.63. The van der Waals surface area contributed by atoms with Gasteiger partial charge < -0.3 is 35.0 Å². The van der Waals surface area contributed by atoms with E-state index in [1.165, 1.54) is 10.9 Å². The van der Waals surface area contributed by atoms with Crippen LogP contribution in [0.5, 0.6) is 0 Å². The van der Waals surface area contributed by atoms with E-state index in [0.29, 0.717) is 11.0 Å². The molecule has 2 aromatic heterocycles. The number of fused-ring (bicyclic) bond motifs is 1. The van der Waals surface area contributed by atoms with E-state index >= 15 is 0 Å². The van der Waals surface area contributed by atoms with Gasteiger partial charge in [-0.15, -0.1) is 0 Å². The summed E-state index contributed by atoms with van der Waals surface area (Å²) >= 11 is 0. The van der Waals surface area contributed by atoms with Crippen molar-refractivity contribution in [2.45, 2.75) is 24.5 Å². The molecule has 3 rings (SSSR count). The van der Waals surface area contributed by atoms with Crippen molar-refractivity contribution in [1.29, 1.82) is 0 Å². The summed E-state index contributed by atoms with van der Waals surface area (Å²) in [4.78, 5) is 25.3. The molecule has 1 aliphatic rings. The molecule has 2 aromatic rings. The number of hydrogen-bond acceptors (Lipinski definition) is 8. The lowest BCUT2D eigenvalue weighted by Gasteiger charge is -2.17. The zero-order valence-corrected chi connectivity index (χ0v) is 12.5. The Labute approximate surface area is 129 Å². The van der Waals surface area contributed by atoms with Crippen LogP contribution in [0.15, 0.2) is 18.6 Å². The summed E-state index contributed by atoms with van der Waals surface area (Å²) in [6.07, 6.45) is -2.04. The summed E-state index contributed by atoms with van der Waals surface area (Å²) in [7, 11) is -4.71. The van der Waals surface area contributed by atoms with Crippen LogP contribution in [0, 0.1) is 0 Å². The van der Waals surface area contributed by atoms with Crippen LogP contribution < -0.4 is 5.73 Å². The molecule has 0 saturated carbocycles. The maximum atomic E-state index is 10.7. The summed E-state index contributed by atoms with van der Waals surface area (Å²) in [5.41, 5.74) is 6.12. The number of phosphoric acid groups is 1. The third-order valence-electron chi connectivity index (χ3n) is 3.56. The predicted molar refractivity (Wildman–Crippen MR) is 75.9 cm³/mol. The van der Waals surface area contributed by atoms with Crippen LogP contribution >= 0.6 is 7.82 Å². The smallest absolute Gasteiger partial charge is 0.387 e. The second-order valence-corrected chi connectivity index (χ2v) is 6.29. The SMILES string of the molecule is Nc1ncnc2c1ccn2[C@@H]1O[C@H](COP(=O)(O)O)[C@@H](O)[C@H]1O. The monoisotopic (exact) mass is 346 g/mol. The summed E-state index contributed by atoms with van der Waals surface area (Å²) in [5.74, 6) is 0.253. The average molecular weight is 346 g/mol. The molecule has 1 fully saturated rings. The first-order valence-electron chi connectivity index (χ1n) is 6.56. The van der Waals surface area contributed by atoms with E-state index in [-0.39, 0.29) is 5.82 Å². The zero-order chi connectivity index (χ0) is 16.8. The molecule has 0 aromatic carbocycles. The van der Waals surface area contributed by atoms with Crippen molar-refractivity contribution in [2.75, 3.05) is 12.3 Å². The number of nitrogens with zero attached hydrogens (tertiary/aromatic N) is 3. The lowest BCUT2D eigenvalue weighted by Crippen LogP contribution is -2.33. The van der Waals surface area contributed by atoms with E-state index in [2.05, 4.69) is 14.5 Å². The first kappa shape index (κ1) is 16.3. The van der Waals surface area contributed by atoms with Gasteiger partial charge in [0.05, 0.1) is 12.0 Å². The number of aliphatic hydroxyl groups excluding tert-OH is 2. The van der Waals surface area contributed by atoms with Crippen molar-refractivity contribution >= 4 is 24.7 Å². The molecule has 23 heavy (non-hydrogen) atoms. The summed E-state index contributed by atoms with van der Waals surface area (Å²) in [5, 5.41) is 20.7. The largest absolute Gasteiger partial charge is 0.469 e. The quantitative estimate of drug-likeness (QED) is 0.420. The van der Waals surface area contributed by atoms with E-state index in [4.69, 9.17) is 20.3 Å². The number of hydrogen-bond donors (Lipinski definition) is 5. The van der Waals surface area contributed by atoms with Gasteiger partial charge in [0.1, 0.15) is 36.1 Å². The number of rotatable bonds is 4. The van der Waals surface area contributed by atoms with Gasteiger partial charge in [0.25, 0.3) is 0 Å². The second-order valence-electron chi connectivity index (χ2n) is 5.05. The fourth-order valence-electron chi connectivity index (χ4n) is 2.46. The molecule has 12 heteroatoms. The number of phosphoric ester groups is 1. The highest BCUT2D eigenvalue weighted by Gasteiger charge is 2.44. The molecule has 0 aliphatic carbocycles. The Balaban J connectivity index is 1.85. The fraction of sp³-hybridized carbons (Fsp3) is 0.455. The van der Waals surface area contributed by atoms with Crippen LogP contribution in [0.25, 0.3) is 11.0 Å². The molecule has 3 heterocycles. The molecular weight excluding hydrogens is 331 g/mol. The first-order valence-corrected chi connectivity index (χ1v) is 8.09. The van der Waals surface area contributed by atoms with Crippen molar-refractivity contribution in [2.24, 2.45) is 0 Å². The Morgan fingerprint density at radius 1 is 1.35 bits per heavy atom. The van der Waals surface area contributed by atoms with Gasteiger partial charge in [-0.25, -0.2) is 14.5 Å². The highest BCUT2D eigenvalue weighted by molar-refractivity contribution is 7.46.